The standard InChI is InChI=1S/C12H15N5O2S/c1-2-17-9(3-5-14-17)10-8(4-6-19-10)11(18)15-12-16-13-7-20-12/h3,5,7-8,10H,2,4,6H2,1H3,(H,15,16,18)/t8-,10-/m1/s1. The second-order valence-electron chi connectivity index (χ2n) is 4.49. The van der Waals surface area contributed by atoms with E-state index in [9.17, 15) is 4.79 Å². The topological polar surface area (TPSA) is 81.9 Å². The summed E-state index contributed by atoms with van der Waals surface area (Å²) in [4.78, 5) is 12.3. The summed E-state index contributed by atoms with van der Waals surface area (Å²) in [5.74, 6) is -0.297. The smallest absolute Gasteiger partial charge is 0.232 e. The molecule has 2 atom stereocenters. The van der Waals surface area contributed by atoms with Gasteiger partial charge in [-0.2, -0.15) is 5.10 Å². The van der Waals surface area contributed by atoms with Gasteiger partial charge in [-0.1, -0.05) is 11.3 Å². The van der Waals surface area contributed by atoms with Gasteiger partial charge in [0.05, 0.1) is 11.6 Å². The Morgan fingerprint density at radius 1 is 1.65 bits per heavy atom. The molecule has 0 spiro atoms. The molecule has 3 heterocycles. The van der Waals surface area contributed by atoms with Crippen molar-refractivity contribution in [2.75, 3.05) is 11.9 Å². The molecule has 0 aliphatic carbocycles. The van der Waals surface area contributed by atoms with Gasteiger partial charge in [-0.15, -0.1) is 10.2 Å². The summed E-state index contributed by atoms with van der Waals surface area (Å²) in [5, 5.41) is 15.1. The van der Waals surface area contributed by atoms with Crippen LogP contribution in [0.3, 0.4) is 0 Å². The number of aromatic nitrogens is 4. The Kier molecular flexibility index (Phi) is 3.75. The molecule has 2 aromatic heterocycles. The van der Waals surface area contributed by atoms with E-state index >= 15 is 0 Å². The monoisotopic (exact) mass is 293 g/mol. The largest absolute Gasteiger partial charge is 0.371 e. The summed E-state index contributed by atoms with van der Waals surface area (Å²) in [7, 11) is 0. The lowest BCUT2D eigenvalue weighted by Crippen LogP contribution is -2.26. The predicted octanol–water partition coefficient (Wildman–Crippen LogP) is 1.47. The minimum Gasteiger partial charge on any atom is -0.371 e. The first-order chi connectivity index (χ1) is 9.79. The third kappa shape index (κ3) is 2.44. The zero-order valence-electron chi connectivity index (χ0n) is 11.0. The number of ether oxygens (including phenoxy) is 1. The molecular formula is C12H15N5O2S. The summed E-state index contributed by atoms with van der Waals surface area (Å²) in [6.45, 7) is 3.35. The maximum absolute atomic E-state index is 12.3. The second-order valence-corrected chi connectivity index (χ2v) is 5.32. The lowest BCUT2D eigenvalue weighted by molar-refractivity contribution is -0.121. The maximum Gasteiger partial charge on any atom is 0.232 e. The third-order valence-electron chi connectivity index (χ3n) is 3.36. The Balaban J connectivity index is 1.77. The Morgan fingerprint density at radius 2 is 2.55 bits per heavy atom. The first-order valence-corrected chi connectivity index (χ1v) is 7.38. The zero-order chi connectivity index (χ0) is 13.9. The van der Waals surface area contributed by atoms with Crippen LogP contribution in [-0.2, 0) is 16.1 Å². The molecule has 0 bridgehead atoms. The average Bonchev–Trinajstić information content (AvgIpc) is 3.18. The highest BCUT2D eigenvalue weighted by Gasteiger charge is 2.37. The Hall–Kier alpha value is -1.80. The molecule has 1 saturated heterocycles. The number of aryl methyl sites for hydroxylation is 1. The molecule has 8 heteroatoms. The van der Waals surface area contributed by atoms with Crippen molar-refractivity contribution in [1.82, 2.24) is 20.0 Å². The first-order valence-electron chi connectivity index (χ1n) is 6.50. The van der Waals surface area contributed by atoms with E-state index in [1.807, 2.05) is 17.7 Å². The molecule has 0 saturated carbocycles. The van der Waals surface area contributed by atoms with Crippen molar-refractivity contribution >= 4 is 22.4 Å². The van der Waals surface area contributed by atoms with Crippen LogP contribution in [0.5, 0.6) is 0 Å². The van der Waals surface area contributed by atoms with Gasteiger partial charge < -0.3 is 10.1 Å². The Bertz CT molecular complexity index is 582. The van der Waals surface area contributed by atoms with Crippen LogP contribution >= 0.6 is 11.3 Å². The van der Waals surface area contributed by atoms with Crippen LogP contribution in [-0.4, -0.2) is 32.5 Å². The quantitative estimate of drug-likeness (QED) is 0.923. The molecule has 7 nitrogen and oxygen atoms in total. The maximum atomic E-state index is 12.3. The number of hydrogen-bond donors (Lipinski definition) is 1. The molecule has 0 aromatic carbocycles. The number of nitrogens with zero attached hydrogens (tertiary/aromatic N) is 4. The highest BCUT2D eigenvalue weighted by atomic mass is 32.1. The van der Waals surface area contributed by atoms with Crippen LogP contribution in [0.15, 0.2) is 17.8 Å². The minimum atomic E-state index is -0.245. The van der Waals surface area contributed by atoms with E-state index in [2.05, 4.69) is 20.6 Å². The van der Waals surface area contributed by atoms with Crippen LogP contribution in [0.2, 0.25) is 0 Å². The van der Waals surface area contributed by atoms with Crippen LogP contribution < -0.4 is 5.32 Å². The summed E-state index contributed by atoms with van der Waals surface area (Å²) in [6.07, 6.45) is 2.19. The Labute approximate surface area is 120 Å². The van der Waals surface area contributed by atoms with E-state index in [4.69, 9.17) is 4.74 Å². The van der Waals surface area contributed by atoms with Gasteiger partial charge in [0.15, 0.2) is 0 Å². The molecular weight excluding hydrogens is 278 g/mol. The predicted molar refractivity (Wildman–Crippen MR) is 73.2 cm³/mol. The highest BCUT2D eigenvalue weighted by molar-refractivity contribution is 7.13. The number of carbonyl (C=O) groups is 1. The van der Waals surface area contributed by atoms with Crippen molar-refractivity contribution in [1.29, 1.82) is 0 Å². The fourth-order valence-electron chi connectivity index (χ4n) is 2.42. The van der Waals surface area contributed by atoms with Gasteiger partial charge in [0.2, 0.25) is 11.0 Å². The summed E-state index contributed by atoms with van der Waals surface area (Å²) in [5.41, 5.74) is 2.53. The van der Waals surface area contributed by atoms with Crippen LogP contribution in [0.1, 0.15) is 25.1 Å². The third-order valence-corrected chi connectivity index (χ3v) is 3.97. The lowest BCUT2D eigenvalue weighted by Gasteiger charge is -2.18. The van der Waals surface area contributed by atoms with Crippen molar-refractivity contribution < 1.29 is 9.53 Å². The fourth-order valence-corrected chi connectivity index (χ4v) is 2.87. The van der Waals surface area contributed by atoms with E-state index in [1.54, 1.807) is 11.7 Å². The lowest BCUT2D eigenvalue weighted by atomic mass is 9.98. The van der Waals surface area contributed by atoms with Crippen molar-refractivity contribution in [2.45, 2.75) is 26.0 Å². The van der Waals surface area contributed by atoms with Crippen molar-refractivity contribution in [2.24, 2.45) is 5.92 Å². The SMILES string of the molecule is CCn1nccc1[C@@H]1OCC[C@H]1C(=O)Nc1nncs1. The van der Waals surface area contributed by atoms with Gasteiger partial charge in [0, 0.05) is 19.3 Å². The molecule has 106 valence electrons. The molecule has 0 radical (unpaired) electrons. The molecule has 1 amide bonds. The fraction of sp³-hybridized carbons (Fsp3) is 0.500. The number of rotatable bonds is 4. The second kappa shape index (κ2) is 5.68. The zero-order valence-corrected chi connectivity index (χ0v) is 11.8. The average molecular weight is 293 g/mol. The normalized spacial score (nSPS) is 22.1. The van der Waals surface area contributed by atoms with E-state index in [-0.39, 0.29) is 17.9 Å². The number of hydrogen-bond acceptors (Lipinski definition) is 6. The first kappa shape index (κ1) is 13.2. The number of carbonyl (C=O) groups excluding carboxylic acids is 1. The van der Waals surface area contributed by atoms with Gasteiger partial charge in [-0.25, -0.2) is 0 Å². The van der Waals surface area contributed by atoms with E-state index in [1.165, 1.54) is 11.3 Å². The molecule has 20 heavy (non-hydrogen) atoms. The molecule has 3 rings (SSSR count). The van der Waals surface area contributed by atoms with Gasteiger partial charge in [-0.3, -0.25) is 9.48 Å². The van der Waals surface area contributed by atoms with Gasteiger partial charge >= 0.3 is 0 Å². The highest BCUT2D eigenvalue weighted by Crippen LogP contribution is 2.35. The summed E-state index contributed by atoms with van der Waals surface area (Å²) >= 11 is 1.30. The summed E-state index contributed by atoms with van der Waals surface area (Å²) < 4.78 is 7.60. The van der Waals surface area contributed by atoms with Gasteiger partial charge in [0.25, 0.3) is 0 Å². The minimum absolute atomic E-state index is 0.0758. The van der Waals surface area contributed by atoms with E-state index < -0.39 is 0 Å². The molecule has 1 aliphatic rings. The van der Waals surface area contributed by atoms with Gasteiger partial charge in [-0.05, 0) is 19.4 Å². The number of nitrogens with one attached hydrogen (secondary N) is 1. The molecule has 2 aromatic rings. The number of anilines is 1. The van der Waals surface area contributed by atoms with E-state index in [0.717, 1.165) is 12.2 Å². The van der Waals surface area contributed by atoms with E-state index in [0.29, 0.717) is 18.2 Å². The molecule has 0 unspecified atom stereocenters. The van der Waals surface area contributed by atoms with Crippen LogP contribution in [0.25, 0.3) is 0 Å². The van der Waals surface area contributed by atoms with Crippen molar-refractivity contribution in [3.8, 4) is 0 Å². The number of amides is 1. The Morgan fingerprint density at radius 3 is 3.30 bits per heavy atom. The van der Waals surface area contributed by atoms with Gasteiger partial charge in [0.1, 0.15) is 11.6 Å². The summed E-state index contributed by atoms with van der Waals surface area (Å²) in [6, 6.07) is 1.91. The molecule has 1 N–H and O–H groups in total. The molecule has 1 aliphatic heterocycles. The molecule has 1 fully saturated rings. The van der Waals surface area contributed by atoms with Crippen LogP contribution in [0.4, 0.5) is 5.13 Å². The van der Waals surface area contributed by atoms with Crippen LogP contribution in [0, 0.1) is 5.92 Å². The van der Waals surface area contributed by atoms with Crippen molar-refractivity contribution in [3.05, 3.63) is 23.5 Å². The van der Waals surface area contributed by atoms with Crippen molar-refractivity contribution in [3.63, 3.8) is 0 Å².